The lowest BCUT2D eigenvalue weighted by Gasteiger charge is -2.15. The SMILES string of the molecule is C[C@H](OC(=O)COc1ccccc1-c1ccccc1)C(=O)Nc1ccccc1. The minimum Gasteiger partial charge on any atom is -0.481 e. The summed E-state index contributed by atoms with van der Waals surface area (Å²) < 4.78 is 10.8. The molecular weight excluding hydrogens is 354 g/mol. The second-order valence-electron chi connectivity index (χ2n) is 6.14. The van der Waals surface area contributed by atoms with E-state index in [1.165, 1.54) is 6.92 Å². The lowest BCUT2D eigenvalue weighted by atomic mass is 10.1. The number of hydrogen-bond donors (Lipinski definition) is 1. The maximum Gasteiger partial charge on any atom is 0.344 e. The maximum absolute atomic E-state index is 12.1. The van der Waals surface area contributed by atoms with Gasteiger partial charge < -0.3 is 14.8 Å². The van der Waals surface area contributed by atoms with Gasteiger partial charge in [0, 0.05) is 11.3 Å². The third-order valence-corrected chi connectivity index (χ3v) is 4.04. The van der Waals surface area contributed by atoms with E-state index in [-0.39, 0.29) is 6.61 Å². The smallest absolute Gasteiger partial charge is 0.344 e. The molecule has 3 aromatic rings. The van der Waals surface area contributed by atoms with Gasteiger partial charge in [0.05, 0.1) is 0 Å². The van der Waals surface area contributed by atoms with Crippen LogP contribution < -0.4 is 10.1 Å². The van der Waals surface area contributed by atoms with Crippen molar-refractivity contribution in [1.29, 1.82) is 0 Å². The van der Waals surface area contributed by atoms with Crippen molar-refractivity contribution in [2.75, 3.05) is 11.9 Å². The van der Waals surface area contributed by atoms with Crippen LogP contribution in [0.5, 0.6) is 5.75 Å². The third kappa shape index (κ3) is 5.20. The molecule has 5 nitrogen and oxygen atoms in total. The van der Waals surface area contributed by atoms with Crippen LogP contribution >= 0.6 is 0 Å². The van der Waals surface area contributed by atoms with Gasteiger partial charge >= 0.3 is 5.97 Å². The van der Waals surface area contributed by atoms with Crippen molar-refractivity contribution >= 4 is 17.6 Å². The van der Waals surface area contributed by atoms with Gasteiger partial charge in [-0.05, 0) is 30.7 Å². The number of hydrogen-bond acceptors (Lipinski definition) is 4. The Hall–Kier alpha value is -3.60. The molecule has 5 heteroatoms. The standard InChI is InChI=1S/C23H21NO4/c1-17(23(26)24-19-12-6-3-7-13-19)28-22(25)16-27-21-15-9-8-14-20(21)18-10-4-2-5-11-18/h2-15,17H,16H2,1H3,(H,24,26)/t17-/m0/s1. The Labute approximate surface area is 163 Å². The molecule has 0 radical (unpaired) electrons. The Morgan fingerprint density at radius 3 is 2.18 bits per heavy atom. The average Bonchev–Trinajstić information content (AvgIpc) is 2.74. The first kappa shape index (κ1) is 19.2. The van der Waals surface area contributed by atoms with Crippen molar-refractivity contribution in [2.45, 2.75) is 13.0 Å². The van der Waals surface area contributed by atoms with E-state index in [1.54, 1.807) is 18.2 Å². The lowest BCUT2D eigenvalue weighted by Crippen LogP contribution is -2.31. The number of nitrogens with one attached hydrogen (secondary N) is 1. The highest BCUT2D eigenvalue weighted by molar-refractivity contribution is 5.95. The molecule has 0 spiro atoms. The largest absolute Gasteiger partial charge is 0.481 e. The molecule has 3 aromatic carbocycles. The summed E-state index contributed by atoms with van der Waals surface area (Å²) in [6, 6.07) is 26.2. The molecular formula is C23H21NO4. The van der Waals surface area contributed by atoms with E-state index in [0.717, 1.165) is 11.1 Å². The van der Waals surface area contributed by atoms with Gasteiger partial charge in [-0.15, -0.1) is 0 Å². The molecule has 0 bridgehead atoms. The fourth-order valence-electron chi connectivity index (χ4n) is 2.64. The van der Waals surface area contributed by atoms with Crippen molar-refractivity contribution in [3.63, 3.8) is 0 Å². The van der Waals surface area contributed by atoms with Crippen LogP contribution in [0.1, 0.15) is 6.92 Å². The van der Waals surface area contributed by atoms with E-state index in [0.29, 0.717) is 11.4 Å². The molecule has 142 valence electrons. The van der Waals surface area contributed by atoms with Crippen molar-refractivity contribution < 1.29 is 19.1 Å². The van der Waals surface area contributed by atoms with Gasteiger partial charge in [0.2, 0.25) is 0 Å². The predicted molar refractivity (Wildman–Crippen MR) is 108 cm³/mol. The van der Waals surface area contributed by atoms with Gasteiger partial charge in [-0.1, -0.05) is 66.7 Å². The second-order valence-corrected chi connectivity index (χ2v) is 6.14. The zero-order valence-corrected chi connectivity index (χ0v) is 15.5. The molecule has 0 aromatic heterocycles. The Kier molecular flexibility index (Phi) is 6.41. The van der Waals surface area contributed by atoms with E-state index in [1.807, 2.05) is 66.7 Å². The third-order valence-electron chi connectivity index (χ3n) is 4.04. The first-order valence-corrected chi connectivity index (χ1v) is 8.96. The molecule has 1 N–H and O–H groups in total. The molecule has 28 heavy (non-hydrogen) atoms. The topological polar surface area (TPSA) is 64.6 Å². The highest BCUT2D eigenvalue weighted by atomic mass is 16.6. The van der Waals surface area contributed by atoms with Crippen LogP contribution in [0.4, 0.5) is 5.69 Å². The molecule has 1 atom stereocenters. The molecule has 3 rings (SSSR count). The zero-order valence-electron chi connectivity index (χ0n) is 15.5. The minimum absolute atomic E-state index is 0.285. The molecule has 0 aliphatic carbocycles. The molecule has 0 heterocycles. The predicted octanol–water partition coefficient (Wildman–Crippen LogP) is 4.30. The van der Waals surface area contributed by atoms with E-state index in [9.17, 15) is 9.59 Å². The fraction of sp³-hybridized carbons (Fsp3) is 0.130. The van der Waals surface area contributed by atoms with Gasteiger partial charge in [0.1, 0.15) is 5.75 Å². The Morgan fingerprint density at radius 2 is 1.46 bits per heavy atom. The number of anilines is 1. The van der Waals surface area contributed by atoms with Gasteiger partial charge in [-0.25, -0.2) is 4.79 Å². The Morgan fingerprint density at radius 1 is 0.857 bits per heavy atom. The first-order chi connectivity index (χ1) is 13.6. The van der Waals surface area contributed by atoms with E-state index in [2.05, 4.69) is 5.32 Å². The Bertz CT molecular complexity index is 926. The summed E-state index contributed by atoms with van der Waals surface area (Å²) in [5, 5.41) is 2.69. The zero-order chi connectivity index (χ0) is 19.8. The number of para-hydroxylation sites is 2. The van der Waals surface area contributed by atoms with E-state index >= 15 is 0 Å². The van der Waals surface area contributed by atoms with Crippen molar-refractivity contribution in [3.8, 4) is 16.9 Å². The summed E-state index contributed by atoms with van der Waals surface area (Å²) in [6.07, 6.45) is -0.930. The molecule has 0 aliphatic rings. The molecule has 0 unspecified atom stereocenters. The van der Waals surface area contributed by atoms with Crippen LogP contribution in [-0.4, -0.2) is 24.6 Å². The van der Waals surface area contributed by atoms with Crippen molar-refractivity contribution in [3.05, 3.63) is 84.9 Å². The quantitative estimate of drug-likeness (QED) is 0.625. The minimum atomic E-state index is -0.930. The second kappa shape index (κ2) is 9.37. The summed E-state index contributed by atoms with van der Waals surface area (Å²) in [6.45, 7) is 1.24. The number of carbonyl (C=O) groups is 2. The van der Waals surface area contributed by atoms with Crippen LogP contribution in [-0.2, 0) is 14.3 Å². The molecule has 0 saturated heterocycles. The Balaban J connectivity index is 1.55. The normalized spacial score (nSPS) is 11.3. The monoisotopic (exact) mass is 375 g/mol. The van der Waals surface area contributed by atoms with Gasteiger partial charge in [-0.3, -0.25) is 4.79 Å². The van der Waals surface area contributed by atoms with Crippen LogP contribution in [0.2, 0.25) is 0 Å². The van der Waals surface area contributed by atoms with Gasteiger partial charge in [-0.2, -0.15) is 0 Å². The summed E-state index contributed by atoms with van der Waals surface area (Å²) in [7, 11) is 0. The summed E-state index contributed by atoms with van der Waals surface area (Å²) in [4.78, 5) is 24.2. The number of benzene rings is 3. The lowest BCUT2D eigenvalue weighted by molar-refractivity contribution is -0.155. The molecule has 0 saturated carbocycles. The highest BCUT2D eigenvalue weighted by Gasteiger charge is 2.18. The van der Waals surface area contributed by atoms with Crippen LogP contribution in [0, 0.1) is 0 Å². The highest BCUT2D eigenvalue weighted by Crippen LogP contribution is 2.29. The van der Waals surface area contributed by atoms with Crippen LogP contribution in [0.25, 0.3) is 11.1 Å². The molecule has 0 aliphatic heterocycles. The first-order valence-electron chi connectivity index (χ1n) is 8.96. The average molecular weight is 375 g/mol. The summed E-state index contributed by atoms with van der Waals surface area (Å²) >= 11 is 0. The maximum atomic E-state index is 12.1. The number of ether oxygens (including phenoxy) is 2. The van der Waals surface area contributed by atoms with Crippen LogP contribution in [0.15, 0.2) is 84.9 Å². The van der Waals surface area contributed by atoms with Gasteiger partial charge in [0.15, 0.2) is 12.7 Å². The molecule has 0 fully saturated rings. The number of amides is 1. The number of esters is 1. The van der Waals surface area contributed by atoms with Gasteiger partial charge in [0.25, 0.3) is 5.91 Å². The van der Waals surface area contributed by atoms with Crippen molar-refractivity contribution in [2.24, 2.45) is 0 Å². The number of carbonyl (C=O) groups excluding carboxylic acids is 2. The summed E-state index contributed by atoms with van der Waals surface area (Å²) in [5.74, 6) is -0.435. The fourth-order valence-corrected chi connectivity index (χ4v) is 2.64. The van der Waals surface area contributed by atoms with E-state index < -0.39 is 18.0 Å². The van der Waals surface area contributed by atoms with E-state index in [4.69, 9.17) is 9.47 Å². The van der Waals surface area contributed by atoms with Crippen molar-refractivity contribution in [1.82, 2.24) is 0 Å². The summed E-state index contributed by atoms with van der Waals surface area (Å²) in [5.41, 5.74) is 2.51. The molecule has 1 amide bonds. The van der Waals surface area contributed by atoms with Crippen LogP contribution in [0.3, 0.4) is 0 Å². The number of rotatable bonds is 7.